The van der Waals surface area contributed by atoms with Gasteiger partial charge in [0.05, 0.1) is 4.90 Å². The number of nitrogens with zero attached hydrogens (tertiary/aromatic N) is 2. The summed E-state index contributed by atoms with van der Waals surface area (Å²) in [6.45, 7) is 6.38. The smallest absolute Gasteiger partial charge is 0.238 e. The number of aryl methyl sites for hydroxylation is 1. The molecule has 0 amide bonds. The second-order valence-corrected chi connectivity index (χ2v) is 9.02. The predicted octanol–water partition coefficient (Wildman–Crippen LogP) is 3.30. The van der Waals surface area contributed by atoms with Crippen LogP contribution in [0.5, 0.6) is 0 Å². The number of benzene rings is 2. The van der Waals surface area contributed by atoms with E-state index in [1.807, 2.05) is 12.1 Å². The maximum atomic E-state index is 11.4. The molecule has 1 fully saturated rings. The highest BCUT2D eigenvalue weighted by Crippen LogP contribution is 2.29. The van der Waals surface area contributed by atoms with E-state index in [1.54, 1.807) is 12.1 Å². The quantitative estimate of drug-likeness (QED) is 0.855. The van der Waals surface area contributed by atoms with Crippen molar-refractivity contribution < 1.29 is 8.42 Å². The van der Waals surface area contributed by atoms with Crippen molar-refractivity contribution >= 4 is 15.7 Å². The zero-order chi connectivity index (χ0) is 19.6. The van der Waals surface area contributed by atoms with E-state index in [1.165, 1.54) is 11.1 Å². The zero-order valence-electron chi connectivity index (χ0n) is 16.3. The minimum absolute atomic E-state index is 0.160. The number of sulfonamides is 1. The molecule has 0 aromatic heterocycles. The van der Waals surface area contributed by atoms with E-state index in [2.05, 4.69) is 55.0 Å². The van der Waals surface area contributed by atoms with E-state index in [0.717, 1.165) is 31.6 Å². The lowest BCUT2D eigenvalue weighted by Crippen LogP contribution is -2.44. The van der Waals surface area contributed by atoms with Crippen LogP contribution < -0.4 is 10.0 Å². The first kappa shape index (κ1) is 19.9. The molecule has 2 aromatic carbocycles. The van der Waals surface area contributed by atoms with Gasteiger partial charge in [-0.3, -0.25) is 4.90 Å². The van der Waals surface area contributed by atoms with Crippen LogP contribution in [0.4, 0.5) is 5.69 Å². The van der Waals surface area contributed by atoms with Crippen LogP contribution in [-0.4, -0.2) is 39.5 Å². The molecule has 3 rings (SSSR count). The average molecular weight is 388 g/mol. The minimum atomic E-state index is -3.63. The molecule has 1 heterocycles. The minimum Gasteiger partial charge on any atom is -0.371 e. The third kappa shape index (κ3) is 4.51. The number of hydrogen-bond acceptors (Lipinski definition) is 4. The van der Waals surface area contributed by atoms with Crippen LogP contribution in [0.1, 0.15) is 36.9 Å². The van der Waals surface area contributed by atoms with Gasteiger partial charge in [-0.05, 0) is 69.1 Å². The highest BCUT2D eigenvalue weighted by Gasteiger charge is 2.26. The molecule has 1 aliphatic heterocycles. The Morgan fingerprint density at radius 1 is 1.07 bits per heavy atom. The fourth-order valence-corrected chi connectivity index (χ4v) is 4.48. The maximum Gasteiger partial charge on any atom is 0.238 e. The number of rotatable bonds is 5. The van der Waals surface area contributed by atoms with Crippen molar-refractivity contribution in [3.8, 4) is 0 Å². The molecule has 2 aromatic rings. The summed E-state index contributed by atoms with van der Waals surface area (Å²) in [5.74, 6) is 0. The van der Waals surface area contributed by atoms with Crippen LogP contribution in [0.2, 0.25) is 0 Å². The van der Waals surface area contributed by atoms with E-state index in [0.29, 0.717) is 12.1 Å². The second kappa shape index (κ2) is 8.00. The molecule has 146 valence electrons. The highest BCUT2D eigenvalue weighted by atomic mass is 32.2. The third-order valence-corrected chi connectivity index (χ3v) is 6.75. The van der Waals surface area contributed by atoms with Gasteiger partial charge in [0.25, 0.3) is 0 Å². The zero-order valence-corrected chi connectivity index (χ0v) is 17.1. The van der Waals surface area contributed by atoms with Gasteiger partial charge in [-0.1, -0.05) is 24.3 Å². The van der Waals surface area contributed by atoms with Gasteiger partial charge >= 0.3 is 0 Å². The molecule has 1 saturated heterocycles. The van der Waals surface area contributed by atoms with Crippen LogP contribution in [0.15, 0.2) is 53.4 Å². The monoisotopic (exact) mass is 387 g/mol. The molecule has 0 bridgehead atoms. The molecular formula is C21H29N3O2S. The topological polar surface area (TPSA) is 66.6 Å². The Morgan fingerprint density at radius 2 is 1.67 bits per heavy atom. The predicted molar refractivity (Wildman–Crippen MR) is 110 cm³/mol. The SMILES string of the molecule is Cc1ccccc1C(C)N(C)C1CCN(c2ccc(S(N)(=O)=O)cc2)CC1. The number of anilines is 1. The largest absolute Gasteiger partial charge is 0.371 e. The first-order valence-corrected chi connectivity index (χ1v) is 11.0. The normalized spacial score (nSPS) is 17.3. The summed E-state index contributed by atoms with van der Waals surface area (Å²) in [7, 11) is -1.41. The average Bonchev–Trinajstić information content (AvgIpc) is 2.67. The van der Waals surface area contributed by atoms with Gasteiger partial charge in [-0.2, -0.15) is 0 Å². The Balaban J connectivity index is 1.62. The van der Waals surface area contributed by atoms with Crippen molar-refractivity contribution in [1.82, 2.24) is 4.90 Å². The van der Waals surface area contributed by atoms with Gasteiger partial charge < -0.3 is 4.90 Å². The lowest BCUT2D eigenvalue weighted by molar-refractivity contribution is 0.158. The summed E-state index contributed by atoms with van der Waals surface area (Å²) in [5.41, 5.74) is 3.78. The summed E-state index contributed by atoms with van der Waals surface area (Å²) >= 11 is 0. The Hall–Kier alpha value is -1.89. The molecule has 5 nitrogen and oxygen atoms in total. The number of nitrogens with two attached hydrogens (primary N) is 1. The van der Waals surface area contributed by atoms with E-state index < -0.39 is 10.0 Å². The van der Waals surface area contributed by atoms with Crippen LogP contribution >= 0.6 is 0 Å². The molecule has 0 radical (unpaired) electrons. The first-order valence-electron chi connectivity index (χ1n) is 9.42. The maximum absolute atomic E-state index is 11.4. The summed E-state index contributed by atoms with van der Waals surface area (Å²) in [5, 5.41) is 5.18. The Kier molecular flexibility index (Phi) is 5.89. The molecular weight excluding hydrogens is 358 g/mol. The van der Waals surface area contributed by atoms with Crippen LogP contribution in [0.25, 0.3) is 0 Å². The summed E-state index contributed by atoms with van der Waals surface area (Å²) in [4.78, 5) is 4.97. The van der Waals surface area contributed by atoms with E-state index in [-0.39, 0.29) is 4.90 Å². The van der Waals surface area contributed by atoms with Gasteiger partial charge in [-0.15, -0.1) is 0 Å². The van der Waals surface area contributed by atoms with Gasteiger partial charge in [0.1, 0.15) is 0 Å². The van der Waals surface area contributed by atoms with Crippen molar-refractivity contribution in [2.75, 3.05) is 25.0 Å². The molecule has 1 atom stereocenters. The van der Waals surface area contributed by atoms with Crippen molar-refractivity contribution in [2.24, 2.45) is 5.14 Å². The summed E-state index contributed by atoms with van der Waals surface area (Å²) < 4.78 is 22.8. The van der Waals surface area contributed by atoms with Crippen LogP contribution in [-0.2, 0) is 10.0 Å². The number of hydrogen-bond donors (Lipinski definition) is 1. The van der Waals surface area contributed by atoms with E-state index in [4.69, 9.17) is 5.14 Å². The first-order chi connectivity index (χ1) is 12.8. The summed E-state index contributed by atoms with van der Waals surface area (Å²) in [6.07, 6.45) is 2.17. The van der Waals surface area contributed by atoms with Crippen molar-refractivity contribution in [1.29, 1.82) is 0 Å². The van der Waals surface area contributed by atoms with Gasteiger partial charge in [0.2, 0.25) is 10.0 Å². The second-order valence-electron chi connectivity index (χ2n) is 7.46. The highest BCUT2D eigenvalue weighted by molar-refractivity contribution is 7.89. The fraction of sp³-hybridized carbons (Fsp3) is 0.429. The van der Waals surface area contributed by atoms with E-state index >= 15 is 0 Å². The fourth-order valence-electron chi connectivity index (χ4n) is 3.97. The summed E-state index contributed by atoms with van der Waals surface area (Å²) in [6, 6.07) is 16.4. The molecule has 1 aliphatic rings. The molecule has 0 saturated carbocycles. The lowest BCUT2D eigenvalue weighted by atomic mass is 9.97. The van der Waals surface area contributed by atoms with Crippen molar-refractivity contribution in [3.05, 3.63) is 59.7 Å². The molecule has 27 heavy (non-hydrogen) atoms. The van der Waals surface area contributed by atoms with Crippen molar-refractivity contribution in [3.63, 3.8) is 0 Å². The van der Waals surface area contributed by atoms with Gasteiger partial charge in [-0.25, -0.2) is 13.6 Å². The molecule has 6 heteroatoms. The van der Waals surface area contributed by atoms with Gasteiger partial charge in [0, 0.05) is 30.9 Å². The van der Waals surface area contributed by atoms with Crippen molar-refractivity contribution in [2.45, 2.75) is 43.7 Å². The van der Waals surface area contributed by atoms with Gasteiger partial charge in [0.15, 0.2) is 0 Å². The number of primary sulfonamides is 1. The standard InChI is InChI=1S/C21H29N3O2S/c1-16-6-4-5-7-21(16)17(2)23(3)18-12-14-24(15-13-18)19-8-10-20(11-9-19)27(22,25)26/h4-11,17-18H,12-15H2,1-3H3,(H2,22,25,26). The molecule has 2 N–H and O–H groups in total. The number of piperidine rings is 1. The molecule has 1 unspecified atom stereocenters. The lowest BCUT2D eigenvalue weighted by Gasteiger charge is -2.40. The van der Waals surface area contributed by atoms with Crippen LogP contribution in [0, 0.1) is 6.92 Å². The Bertz CT molecular complexity index is 873. The Morgan fingerprint density at radius 3 is 2.22 bits per heavy atom. The Labute approximate surface area is 162 Å². The van der Waals surface area contributed by atoms with E-state index in [9.17, 15) is 8.42 Å². The van der Waals surface area contributed by atoms with Crippen LogP contribution in [0.3, 0.4) is 0 Å². The molecule has 0 aliphatic carbocycles. The molecule has 0 spiro atoms. The third-order valence-electron chi connectivity index (χ3n) is 5.82.